The standard InChI is InChI=1S/C26H19ClN4O4.C21H14ClN3O2.2C18H15ClN2O3.C17H11ClN2O4/c27-21-15-20(11-12-22(21)32)24(33)31-29-16-18-7-4-6-17(14-18)8-5-13-28-26-30-25(34)23(35-26)19-9-2-1-3-10-19;22-19-13-17(8-10-20(19)26)21(27)25-24-14-16-5-3-4-15(12-16)7-9-18-6-1-2-11-23-18;1-12(22)5-6-13-3-2-4-14(9-13)11-20-21-18(24)15-7-8-17(23)16(19)10-15;19-16-11-15(7-8-17(16)23)18(24)21-20-12-14-6-3-5-13(10-14)4-1-2-9-22;18-14-9-13(5-6-15(14)21)17(24)20-19-10-12-3-1-2-11(8-12)4-7-16(22)23/h1-4,6-7,9-12,14-16,23,32H,13H2,(H,31,33)(H,28,30,34);1-6,8,10-14,26H,(H,25,27);2-4,7-12,22-23H,1H3,(H,21,24);3,5-8,10-12,22-23H,2,9H2,(H,21,24);1-3,5-6,8-10,21H,(H,20,24)(H,22,23)/b29-16+;24-14+;20-11+;20-12+;19-10+. The molecule has 0 saturated carbocycles. The third-order valence-electron chi connectivity index (χ3n) is 16.9. The molecule has 2 atom stereocenters. The summed E-state index contributed by atoms with van der Waals surface area (Å²) in [5, 5.41) is 95.7. The van der Waals surface area contributed by atoms with Gasteiger partial charge in [-0.25, -0.2) is 41.9 Å². The highest BCUT2D eigenvalue weighted by Crippen LogP contribution is 2.29. The van der Waals surface area contributed by atoms with Gasteiger partial charge in [0.1, 0.15) is 47.1 Å². The van der Waals surface area contributed by atoms with Gasteiger partial charge in [-0.15, -0.1) is 0 Å². The van der Waals surface area contributed by atoms with Crippen LogP contribution in [0.4, 0.5) is 0 Å². The van der Waals surface area contributed by atoms with Crippen molar-refractivity contribution in [2.24, 2.45) is 30.5 Å². The molecule has 1 aromatic heterocycles. The number of nitrogens with zero attached hydrogens (tertiary/aromatic N) is 7. The van der Waals surface area contributed by atoms with Gasteiger partial charge in [0.15, 0.2) is 0 Å². The first kappa shape index (κ1) is 101. The van der Waals surface area contributed by atoms with Gasteiger partial charge < -0.3 is 45.6 Å². The Morgan fingerprint density at radius 3 is 1.08 bits per heavy atom. The van der Waals surface area contributed by atoms with Crippen LogP contribution in [0.5, 0.6) is 28.7 Å². The van der Waals surface area contributed by atoms with Crippen molar-refractivity contribution in [3.8, 4) is 88.0 Å². The predicted octanol–water partition coefficient (Wildman–Crippen LogP) is 14.3. The monoisotopic (exact) mass is 1890 g/mol. The SMILES string of the molecule is CC(O)C#Cc1cccc(/C=N/NC(=O)c2ccc(O)c(Cl)c2)c1.O=C(N/N=C/c1cccc(C#CCCO)c1)c1ccc(O)c(Cl)c1.O=C(N/N=C/c1cccc(C#CCN=C2NC(=O)C(c3ccccc3)O2)c1)c1ccc(O)c(Cl)c1.O=C(N/N=C/c1cccc(C#Cc2ccccn2)c1)c1ccc(O)c(Cl)c1.O=C(O)C#Cc1cccc(/C=N/NC(=O)c2ccc(O)c(Cl)c2)c1. The van der Waals surface area contributed by atoms with E-state index in [1.807, 2.05) is 127 Å². The molecule has 11 aromatic carbocycles. The fourth-order valence-corrected chi connectivity index (χ4v) is 11.4. The summed E-state index contributed by atoms with van der Waals surface area (Å²) in [6.45, 7) is 1.76. The maximum absolute atomic E-state index is 12.1. The number of phenols is 5. The van der Waals surface area contributed by atoms with Gasteiger partial charge in [0.05, 0.1) is 62.8 Å². The van der Waals surface area contributed by atoms with Crippen LogP contribution in [-0.2, 0) is 14.3 Å². The molecular formula is C100H74Cl5N13O16. The highest BCUT2D eigenvalue weighted by atomic mass is 35.5. The Balaban J connectivity index is 0.000000190. The lowest BCUT2D eigenvalue weighted by Crippen LogP contribution is -2.22. The van der Waals surface area contributed by atoms with Gasteiger partial charge in [-0.2, -0.15) is 25.5 Å². The Morgan fingerprint density at radius 2 is 0.754 bits per heavy atom. The van der Waals surface area contributed by atoms with Gasteiger partial charge >= 0.3 is 5.97 Å². The average molecular weight is 1890 g/mol. The van der Waals surface area contributed by atoms with E-state index in [9.17, 15) is 59.1 Å². The number of amidine groups is 1. The number of amides is 6. The van der Waals surface area contributed by atoms with E-state index in [0.717, 1.165) is 50.1 Å². The molecule has 670 valence electrons. The van der Waals surface area contributed by atoms with E-state index in [1.54, 1.807) is 61.7 Å². The van der Waals surface area contributed by atoms with Crippen LogP contribution < -0.4 is 32.4 Å². The van der Waals surface area contributed by atoms with Crippen LogP contribution in [0.25, 0.3) is 0 Å². The number of phenolic OH excluding ortho intramolecular Hbond substituents is 5. The summed E-state index contributed by atoms with van der Waals surface area (Å²) < 4.78 is 5.59. The number of carbonyl (C=O) groups excluding carboxylic acids is 6. The Bertz CT molecular complexity index is 6840. The Kier molecular flexibility index (Phi) is 39.8. The summed E-state index contributed by atoms with van der Waals surface area (Å²) in [5.41, 5.74) is 22.0. The Labute approximate surface area is 792 Å². The zero-order chi connectivity index (χ0) is 96.1. The van der Waals surface area contributed by atoms with Crippen LogP contribution in [0.1, 0.15) is 138 Å². The lowest BCUT2D eigenvalue weighted by atomic mass is 10.1. The first-order valence-electron chi connectivity index (χ1n) is 39.3. The maximum atomic E-state index is 12.1. The third kappa shape index (κ3) is 34.8. The van der Waals surface area contributed by atoms with Crippen molar-refractivity contribution < 1.29 is 79.2 Å². The summed E-state index contributed by atoms with van der Waals surface area (Å²) in [4.78, 5) is 90.8. The number of hydrazone groups is 5. The molecule has 1 fully saturated rings. The largest absolute Gasteiger partial charge is 0.506 e. The van der Waals surface area contributed by atoms with Crippen molar-refractivity contribution in [1.82, 2.24) is 37.4 Å². The van der Waals surface area contributed by atoms with Crippen LogP contribution >= 0.6 is 58.0 Å². The zero-order valence-corrected chi connectivity index (χ0v) is 73.7. The molecule has 134 heavy (non-hydrogen) atoms. The van der Waals surface area contributed by atoms with Gasteiger partial charge in [0, 0.05) is 79.7 Å². The third-order valence-corrected chi connectivity index (χ3v) is 18.4. The van der Waals surface area contributed by atoms with E-state index in [1.165, 1.54) is 122 Å². The number of hydrogen-bond donors (Lipinski definition) is 14. The predicted molar refractivity (Wildman–Crippen MR) is 513 cm³/mol. The highest BCUT2D eigenvalue weighted by Gasteiger charge is 2.32. The van der Waals surface area contributed by atoms with Gasteiger partial charge in [0.25, 0.3) is 41.5 Å². The number of pyridine rings is 1. The number of carboxylic acids is 1. The molecule has 6 amide bonds. The molecule has 14 N–H and O–H groups in total. The second-order valence-corrected chi connectivity index (χ2v) is 29.1. The topological polar surface area (TPSA) is 450 Å². The molecule has 1 aliphatic heterocycles. The minimum atomic E-state index is -1.21. The van der Waals surface area contributed by atoms with Crippen LogP contribution in [0.3, 0.4) is 0 Å². The number of aliphatic hydroxyl groups excluding tert-OH is 2. The van der Waals surface area contributed by atoms with Crippen molar-refractivity contribution in [3.05, 3.63) is 387 Å². The van der Waals surface area contributed by atoms with Crippen LogP contribution in [0.2, 0.25) is 25.1 Å². The number of aromatic hydroxyl groups is 5. The highest BCUT2D eigenvalue weighted by molar-refractivity contribution is 6.34. The molecule has 0 bridgehead atoms. The van der Waals surface area contributed by atoms with Crippen LogP contribution in [0, 0.1) is 59.2 Å². The number of hydrogen-bond acceptors (Lipinski definition) is 22. The molecule has 29 nitrogen and oxygen atoms in total. The molecule has 0 aliphatic carbocycles. The zero-order valence-electron chi connectivity index (χ0n) is 69.9. The quantitative estimate of drug-likeness (QED) is 0.0215. The molecule has 12 aromatic rings. The van der Waals surface area contributed by atoms with E-state index in [0.29, 0.717) is 34.4 Å². The first-order chi connectivity index (χ1) is 64.6. The van der Waals surface area contributed by atoms with Crippen LogP contribution in [-0.4, -0.2) is 144 Å². The molecule has 2 heterocycles. The lowest BCUT2D eigenvalue weighted by molar-refractivity contribution is -0.130. The van der Waals surface area contributed by atoms with E-state index >= 15 is 0 Å². The smallest absolute Gasteiger partial charge is 0.382 e. The molecule has 1 saturated heterocycles. The minimum absolute atomic E-state index is 0.0292. The van der Waals surface area contributed by atoms with Crippen molar-refractivity contribution >= 4 is 137 Å². The number of ether oxygens (including phenoxy) is 1. The second-order valence-electron chi connectivity index (χ2n) is 27.0. The molecule has 0 spiro atoms. The summed E-state index contributed by atoms with van der Waals surface area (Å²) in [6, 6.07) is 71.4. The molecule has 2 unspecified atom stereocenters. The van der Waals surface area contributed by atoms with Crippen molar-refractivity contribution in [1.29, 1.82) is 0 Å². The van der Waals surface area contributed by atoms with Gasteiger partial charge in [-0.1, -0.05) is 202 Å². The number of halogens is 5. The number of aliphatic carboxylic acids is 1. The molecular weight excluding hydrogens is 1820 g/mol. The lowest BCUT2D eigenvalue weighted by Gasteiger charge is -2.05. The Morgan fingerprint density at radius 1 is 0.418 bits per heavy atom. The van der Waals surface area contributed by atoms with Crippen molar-refractivity contribution in [2.45, 2.75) is 25.6 Å². The Hall–Kier alpha value is -17.2. The summed E-state index contributed by atoms with van der Waals surface area (Å²) in [6.07, 6.45) is 8.07. The number of aromatic nitrogens is 1. The average Bonchev–Trinajstić information content (AvgIpc) is 1.68. The fraction of sp³-hybridized carbons (Fsp3) is 0.0600. The summed E-state index contributed by atoms with van der Waals surface area (Å²) in [7, 11) is 0. The number of carbonyl (C=O) groups is 7. The number of aliphatic imine (C=N–C) groups is 1. The number of benzene rings is 11. The van der Waals surface area contributed by atoms with Gasteiger partial charge in [0.2, 0.25) is 6.10 Å². The van der Waals surface area contributed by atoms with Gasteiger partial charge in [-0.3, -0.25) is 34.1 Å². The fourth-order valence-electron chi connectivity index (χ4n) is 10.5. The normalized spacial score (nSPS) is 11.9. The summed E-state index contributed by atoms with van der Waals surface area (Å²) in [5.74, 6) is 23.4. The van der Waals surface area contributed by atoms with E-state index in [2.05, 4.69) is 121 Å². The number of carboxylic acid groups (broad SMARTS) is 1. The first-order valence-corrected chi connectivity index (χ1v) is 41.1. The minimum Gasteiger partial charge on any atom is -0.506 e. The molecule has 1 aliphatic rings. The molecule has 0 radical (unpaired) electrons. The maximum Gasteiger partial charge on any atom is 0.382 e. The molecule has 13 rings (SSSR count). The van der Waals surface area contributed by atoms with E-state index < -0.39 is 47.7 Å². The van der Waals surface area contributed by atoms with E-state index in [4.69, 9.17) is 78.1 Å². The number of aliphatic hydroxyl groups is 2. The molecule has 34 heteroatoms. The van der Waals surface area contributed by atoms with Crippen molar-refractivity contribution in [2.75, 3.05) is 13.2 Å². The van der Waals surface area contributed by atoms with Crippen molar-refractivity contribution in [3.63, 3.8) is 0 Å². The number of nitrogens with one attached hydrogen (secondary N) is 6. The summed E-state index contributed by atoms with van der Waals surface area (Å²) >= 11 is 28.9. The second kappa shape index (κ2) is 53.0. The van der Waals surface area contributed by atoms with Crippen LogP contribution in [0.15, 0.2) is 298 Å². The van der Waals surface area contributed by atoms with Gasteiger partial charge in [-0.05, 0) is 204 Å². The number of rotatable bonds is 18. The van der Waals surface area contributed by atoms with E-state index in [-0.39, 0.29) is 95.6 Å².